The Bertz CT molecular complexity index is 777. The molecule has 0 saturated carbocycles. The van der Waals surface area contributed by atoms with Gasteiger partial charge in [0.1, 0.15) is 5.82 Å². The van der Waals surface area contributed by atoms with Crippen molar-refractivity contribution in [2.24, 2.45) is 0 Å². The molecule has 2 rings (SSSR count). The fraction of sp³-hybridized carbons (Fsp3) is 0.263. The van der Waals surface area contributed by atoms with Crippen LogP contribution < -0.4 is 10.2 Å². The number of benzene rings is 2. The van der Waals surface area contributed by atoms with E-state index in [1.807, 2.05) is 12.1 Å². The van der Waals surface area contributed by atoms with Crippen molar-refractivity contribution in [3.63, 3.8) is 0 Å². The van der Waals surface area contributed by atoms with Crippen molar-refractivity contribution < 1.29 is 18.7 Å². The molecular formula is C19H20ClFN2O3. The summed E-state index contributed by atoms with van der Waals surface area (Å²) in [4.78, 5) is 26.0. The van der Waals surface area contributed by atoms with E-state index in [4.69, 9.17) is 16.3 Å². The molecule has 0 fully saturated rings. The van der Waals surface area contributed by atoms with E-state index in [9.17, 15) is 14.0 Å². The van der Waals surface area contributed by atoms with Crippen LogP contribution in [0.1, 0.15) is 24.2 Å². The quantitative estimate of drug-likeness (QED) is 0.736. The number of carbonyl (C=O) groups is 2. The van der Waals surface area contributed by atoms with Crippen LogP contribution in [0.2, 0.25) is 5.02 Å². The van der Waals surface area contributed by atoms with Crippen molar-refractivity contribution in [2.75, 3.05) is 29.9 Å². The van der Waals surface area contributed by atoms with Crippen LogP contribution in [-0.4, -0.2) is 31.6 Å². The Morgan fingerprint density at radius 2 is 1.77 bits per heavy atom. The van der Waals surface area contributed by atoms with Crippen molar-refractivity contribution >= 4 is 34.9 Å². The third-order valence-electron chi connectivity index (χ3n) is 3.77. The van der Waals surface area contributed by atoms with Crippen molar-refractivity contribution in [3.8, 4) is 0 Å². The zero-order valence-electron chi connectivity index (χ0n) is 14.6. The first-order valence-electron chi connectivity index (χ1n) is 8.21. The van der Waals surface area contributed by atoms with Gasteiger partial charge in [-0.2, -0.15) is 0 Å². The Hall–Kier alpha value is -2.60. The van der Waals surface area contributed by atoms with Gasteiger partial charge >= 0.3 is 5.97 Å². The van der Waals surface area contributed by atoms with Crippen molar-refractivity contribution in [1.29, 1.82) is 0 Å². The highest BCUT2D eigenvalue weighted by Gasteiger charge is 2.12. The lowest BCUT2D eigenvalue weighted by Gasteiger charge is -2.20. The molecule has 2 aromatic rings. The summed E-state index contributed by atoms with van der Waals surface area (Å²) in [7, 11) is 0. The fourth-order valence-electron chi connectivity index (χ4n) is 2.38. The van der Waals surface area contributed by atoms with Gasteiger partial charge in [-0.3, -0.25) is 4.79 Å². The van der Waals surface area contributed by atoms with Gasteiger partial charge in [-0.05, 0) is 56.3 Å². The fourth-order valence-corrected chi connectivity index (χ4v) is 2.56. The highest BCUT2D eigenvalue weighted by Crippen LogP contribution is 2.19. The maximum atomic E-state index is 13.1. The third kappa shape index (κ3) is 5.20. The van der Waals surface area contributed by atoms with E-state index in [2.05, 4.69) is 24.1 Å². The molecular weight excluding hydrogens is 359 g/mol. The minimum absolute atomic E-state index is 0.104. The molecule has 0 radical (unpaired) electrons. The molecule has 0 saturated heterocycles. The van der Waals surface area contributed by atoms with Crippen LogP contribution in [0, 0.1) is 5.82 Å². The number of hydrogen-bond donors (Lipinski definition) is 1. The lowest BCUT2D eigenvalue weighted by molar-refractivity contribution is -0.119. The molecule has 0 aliphatic rings. The van der Waals surface area contributed by atoms with Crippen LogP contribution in [0.5, 0.6) is 0 Å². The average molecular weight is 379 g/mol. The monoisotopic (exact) mass is 378 g/mol. The van der Waals surface area contributed by atoms with E-state index >= 15 is 0 Å². The normalized spacial score (nSPS) is 10.3. The van der Waals surface area contributed by atoms with E-state index in [0.717, 1.165) is 24.8 Å². The van der Waals surface area contributed by atoms with Crippen LogP contribution in [0.3, 0.4) is 0 Å². The summed E-state index contributed by atoms with van der Waals surface area (Å²) < 4.78 is 18.1. The standard InChI is InChI=1S/C19H20ClFN2O3/c1-3-23(4-2)15-8-5-13(6-9-15)19(25)26-12-18(24)22-14-7-10-17(21)16(20)11-14/h5-11H,3-4,12H2,1-2H3,(H,22,24). The molecule has 0 bridgehead atoms. The van der Waals surface area contributed by atoms with Gasteiger partial charge in [-0.25, -0.2) is 9.18 Å². The maximum absolute atomic E-state index is 13.1. The summed E-state index contributed by atoms with van der Waals surface area (Å²) in [6, 6.07) is 10.8. The summed E-state index contributed by atoms with van der Waals surface area (Å²) in [5, 5.41) is 2.38. The van der Waals surface area contributed by atoms with Gasteiger partial charge in [0.05, 0.1) is 10.6 Å². The lowest BCUT2D eigenvalue weighted by atomic mass is 10.2. The van der Waals surface area contributed by atoms with Gasteiger partial charge in [0, 0.05) is 24.5 Å². The summed E-state index contributed by atoms with van der Waals surface area (Å²) in [5.74, 6) is -1.71. The second-order valence-corrected chi connectivity index (χ2v) is 5.88. The topological polar surface area (TPSA) is 58.6 Å². The van der Waals surface area contributed by atoms with Crippen LogP contribution in [0.4, 0.5) is 15.8 Å². The molecule has 2 aromatic carbocycles. The number of nitrogens with one attached hydrogen (secondary N) is 1. The number of anilines is 2. The Morgan fingerprint density at radius 1 is 1.12 bits per heavy atom. The molecule has 0 heterocycles. The second-order valence-electron chi connectivity index (χ2n) is 5.47. The zero-order chi connectivity index (χ0) is 19.1. The Labute approximate surface area is 156 Å². The number of rotatable bonds is 7. The molecule has 5 nitrogen and oxygen atoms in total. The van der Waals surface area contributed by atoms with Gasteiger partial charge < -0.3 is 15.0 Å². The first kappa shape index (κ1) is 19.7. The zero-order valence-corrected chi connectivity index (χ0v) is 15.3. The van der Waals surface area contributed by atoms with Crippen LogP contribution in [-0.2, 0) is 9.53 Å². The van der Waals surface area contributed by atoms with E-state index < -0.39 is 24.3 Å². The summed E-state index contributed by atoms with van der Waals surface area (Å²) in [6.07, 6.45) is 0. The lowest BCUT2D eigenvalue weighted by Crippen LogP contribution is -2.22. The van der Waals surface area contributed by atoms with Crippen molar-refractivity contribution in [1.82, 2.24) is 0 Å². The molecule has 0 aromatic heterocycles. The first-order chi connectivity index (χ1) is 12.4. The molecule has 7 heteroatoms. The average Bonchev–Trinajstić information content (AvgIpc) is 2.64. The van der Waals surface area contributed by atoms with Gasteiger partial charge in [0.2, 0.25) is 0 Å². The van der Waals surface area contributed by atoms with Crippen molar-refractivity contribution in [2.45, 2.75) is 13.8 Å². The molecule has 138 valence electrons. The number of hydrogen-bond acceptors (Lipinski definition) is 4. The van der Waals surface area contributed by atoms with E-state index in [-0.39, 0.29) is 5.02 Å². The van der Waals surface area contributed by atoms with Gasteiger partial charge in [-0.15, -0.1) is 0 Å². The van der Waals surface area contributed by atoms with Gasteiger partial charge in [0.15, 0.2) is 6.61 Å². The molecule has 0 aliphatic carbocycles. The van der Waals surface area contributed by atoms with Crippen molar-refractivity contribution in [3.05, 3.63) is 58.9 Å². The Balaban J connectivity index is 1.89. The number of halogens is 2. The van der Waals surface area contributed by atoms with Crippen LogP contribution >= 0.6 is 11.6 Å². The molecule has 26 heavy (non-hydrogen) atoms. The highest BCUT2D eigenvalue weighted by atomic mass is 35.5. The largest absolute Gasteiger partial charge is 0.452 e. The minimum atomic E-state index is -0.594. The second kappa shape index (κ2) is 9.20. The third-order valence-corrected chi connectivity index (χ3v) is 4.06. The van der Waals surface area contributed by atoms with E-state index in [1.54, 1.807) is 12.1 Å². The SMILES string of the molecule is CCN(CC)c1ccc(C(=O)OCC(=O)Nc2ccc(F)c(Cl)c2)cc1. The van der Waals surface area contributed by atoms with Gasteiger partial charge in [0.25, 0.3) is 5.91 Å². The number of ether oxygens (including phenoxy) is 1. The number of carbonyl (C=O) groups excluding carboxylic acids is 2. The molecule has 1 N–H and O–H groups in total. The minimum Gasteiger partial charge on any atom is -0.452 e. The summed E-state index contributed by atoms with van der Waals surface area (Å²) in [6.45, 7) is 5.39. The summed E-state index contributed by atoms with van der Waals surface area (Å²) >= 11 is 5.65. The number of nitrogens with zero attached hydrogens (tertiary/aromatic N) is 1. The Morgan fingerprint density at radius 3 is 2.35 bits per heavy atom. The molecule has 1 amide bonds. The Kier molecular flexibility index (Phi) is 6.97. The number of esters is 1. The van der Waals surface area contributed by atoms with Crippen LogP contribution in [0.15, 0.2) is 42.5 Å². The predicted octanol–water partition coefficient (Wildman–Crippen LogP) is 4.12. The molecule has 0 spiro atoms. The maximum Gasteiger partial charge on any atom is 0.338 e. The number of amides is 1. The van der Waals surface area contributed by atoms with E-state index in [0.29, 0.717) is 11.3 Å². The van der Waals surface area contributed by atoms with Gasteiger partial charge in [-0.1, -0.05) is 11.6 Å². The van der Waals surface area contributed by atoms with Crippen LogP contribution in [0.25, 0.3) is 0 Å². The summed E-state index contributed by atoms with van der Waals surface area (Å²) in [5.41, 5.74) is 1.69. The van der Waals surface area contributed by atoms with E-state index in [1.165, 1.54) is 12.1 Å². The first-order valence-corrected chi connectivity index (χ1v) is 8.59. The molecule has 0 unspecified atom stereocenters. The predicted molar refractivity (Wildman–Crippen MR) is 100 cm³/mol. The molecule has 0 aliphatic heterocycles. The smallest absolute Gasteiger partial charge is 0.338 e. The molecule has 0 atom stereocenters. The highest BCUT2D eigenvalue weighted by molar-refractivity contribution is 6.31.